The number of allylic oxidation sites excluding steroid dienone is 2. The van der Waals surface area contributed by atoms with Gasteiger partial charge in [0.05, 0.1) is 6.04 Å². The van der Waals surface area contributed by atoms with Gasteiger partial charge in [-0.3, -0.25) is 4.79 Å². The quantitative estimate of drug-likeness (QED) is 0.599. The predicted molar refractivity (Wildman–Crippen MR) is 98.7 cm³/mol. The lowest BCUT2D eigenvalue weighted by atomic mass is 9.75. The summed E-state index contributed by atoms with van der Waals surface area (Å²) in [6.07, 6.45) is 5.70. The topological polar surface area (TPSA) is 29.1 Å². The number of carbonyl (C=O) groups excluding carboxylic acids is 1. The van der Waals surface area contributed by atoms with Gasteiger partial charge in [0.15, 0.2) is 5.78 Å². The smallest absolute Gasteiger partial charge is 0.159 e. The van der Waals surface area contributed by atoms with Crippen LogP contribution >= 0.6 is 0 Å². The second kappa shape index (κ2) is 5.62. The van der Waals surface area contributed by atoms with Crippen molar-refractivity contribution in [2.75, 3.05) is 5.32 Å². The first-order valence-electron chi connectivity index (χ1n) is 8.70. The number of ketones is 1. The van der Waals surface area contributed by atoms with Crippen molar-refractivity contribution in [3.63, 3.8) is 0 Å². The number of nitrogens with one attached hydrogen (secondary N) is 1. The Kier molecular flexibility index (Phi) is 3.56. The fraction of sp³-hybridized carbons (Fsp3) is 0.318. The van der Waals surface area contributed by atoms with Crippen LogP contribution < -0.4 is 5.32 Å². The van der Waals surface area contributed by atoms with Crippen LogP contribution in [0.15, 0.2) is 48.6 Å². The Morgan fingerprint density at radius 3 is 2.71 bits per heavy atom. The fourth-order valence-electron chi connectivity index (χ4n) is 4.22. The zero-order valence-corrected chi connectivity index (χ0v) is 14.5. The van der Waals surface area contributed by atoms with Crippen molar-refractivity contribution in [2.24, 2.45) is 5.92 Å². The lowest BCUT2D eigenvalue weighted by Crippen LogP contribution is -2.29. The van der Waals surface area contributed by atoms with E-state index in [1.807, 2.05) is 6.07 Å². The predicted octanol–water partition coefficient (Wildman–Crippen LogP) is 5.33. The number of anilines is 1. The minimum absolute atomic E-state index is 0.132. The molecule has 2 nitrogen and oxygen atoms in total. The number of aryl methyl sites for hydroxylation is 2. The first-order chi connectivity index (χ1) is 11.5. The van der Waals surface area contributed by atoms with Crippen molar-refractivity contribution < 1.29 is 4.79 Å². The van der Waals surface area contributed by atoms with Crippen molar-refractivity contribution in [3.05, 3.63) is 76.4 Å². The van der Waals surface area contributed by atoms with Gasteiger partial charge in [-0.2, -0.15) is 0 Å². The highest BCUT2D eigenvalue weighted by molar-refractivity contribution is 5.95. The normalized spacial score (nSPS) is 24.2. The van der Waals surface area contributed by atoms with Crippen LogP contribution in [0, 0.1) is 19.8 Å². The van der Waals surface area contributed by atoms with Crippen LogP contribution in [-0.4, -0.2) is 5.78 Å². The van der Waals surface area contributed by atoms with E-state index in [4.69, 9.17) is 0 Å². The summed E-state index contributed by atoms with van der Waals surface area (Å²) in [5, 5.41) is 3.77. The van der Waals surface area contributed by atoms with Gasteiger partial charge in [0.1, 0.15) is 0 Å². The molecule has 0 bridgehead atoms. The first-order valence-corrected chi connectivity index (χ1v) is 8.70. The lowest BCUT2D eigenvalue weighted by molar-refractivity contribution is 0.101. The molecular weight excluding hydrogens is 294 g/mol. The molecule has 1 N–H and O–H groups in total. The summed E-state index contributed by atoms with van der Waals surface area (Å²) in [5.74, 6) is 1.04. The van der Waals surface area contributed by atoms with Crippen LogP contribution in [0.1, 0.15) is 57.9 Å². The molecule has 1 heterocycles. The summed E-state index contributed by atoms with van der Waals surface area (Å²) in [5.41, 5.74) is 7.28. The van der Waals surface area contributed by atoms with E-state index in [1.54, 1.807) is 6.92 Å². The Hall–Kier alpha value is -2.35. The monoisotopic (exact) mass is 317 g/mol. The number of benzene rings is 2. The molecule has 0 saturated carbocycles. The van der Waals surface area contributed by atoms with Crippen LogP contribution in [0.3, 0.4) is 0 Å². The Morgan fingerprint density at radius 1 is 1.08 bits per heavy atom. The summed E-state index contributed by atoms with van der Waals surface area (Å²) in [4.78, 5) is 11.8. The number of carbonyl (C=O) groups is 1. The van der Waals surface area contributed by atoms with Crippen LogP contribution in [0.25, 0.3) is 0 Å². The lowest BCUT2D eigenvalue weighted by Gasteiger charge is -2.38. The molecule has 2 aromatic carbocycles. The maximum absolute atomic E-state index is 11.8. The van der Waals surface area contributed by atoms with Crippen LogP contribution in [0.4, 0.5) is 5.69 Å². The summed E-state index contributed by atoms with van der Waals surface area (Å²) < 4.78 is 0. The van der Waals surface area contributed by atoms with E-state index >= 15 is 0 Å². The molecule has 122 valence electrons. The van der Waals surface area contributed by atoms with E-state index in [0.717, 1.165) is 12.0 Å². The third-order valence-electron chi connectivity index (χ3n) is 5.54. The molecule has 0 spiro atoms. The van der Waals surface area contributed by atoms with Crippen molar-refractivity contribution in [1.82, 2.24) is 0 Å². The van der Waals surface area contributed by atoms with Gasteiger partial charge >= 0.3 is 0 Å². The van der Waals surface area contributed by atoms with E-state index in [1.165, 1.54) is 27.9 Å². The average Bonchev–Trinajstić information content (AvgIpc) is 3.06. The third-order valence-corrected chi connectivity index (χ3v) is 5.54. The van der Waals surface area contributed by atoms with E-state index < -0.39 is 0 Å². The number of hydrogen-bond donors (Lipinski definition) is 1. The van der Waals surface area contributed by atoms with Gasteiger partial charge in [0.2, 0.25) is 0 Å². The summed E-state index contributed by atoms with van der Waals surface area (Å²) >= 11 is 0. The van der Waals surface area contributed by atoms with Crippen LogP contribution in [0.2, 0.25) is 0 Å². The zero-order chi connectivity index (χ0) is 16.8. The third kappa shape index (κ3) is 2.37. The minimum Gasteiger partial charge on any atom is -0.378 e. The SMILES string of the molecule is CC(=O)c1ccc2c(c1)[C@@H]1C=CC[C@@H]1[C@H](c1cc(C)ccc1C)N2. The van der Waals surface area contributed by atoms with Gasteiger partial charge in [-0.15, -0.1) is 0 Å². The van der Waals surface area contributed by atoms with E-state index in [2.05, 4.69) is 61.6 Å². The molecule has 24 heavy (non-hydrogen) atoms. The maximum Gasteiger partial charge on any atom is 0.159 e. The molecule has 0 saturated heterocycles. The van der Waals surface area contributed by atoms with Gasteiger partial charge in [-0.25, -0.2) is 0 Å². The van der Waals surface area contributed by atoms with Crippen molar-refractivity contribution in [1.29, 1.82) is 0 Å². The van der Waals surface area contributed by atoms with E-state index in [0.29, 0.717) is 17.9 Å². The van der Waals surface area contributed by atoms with Gasteiger partial charge in [0, 0.05) is 17.2 Å². The molecular formula is C22H23NO. The Labute approximate surface area is 143 Å². The largest absolute Gasteiger partial charge is 0.378 e. The van der Waals surface area contributed by atoms with Crippen LogP contribution in [-0.2, 0) is 0 Å². The number of Topliss-reactive ketones (excluding diaryl/α,β-unsaturated/α-hetero) is 1. The fourth-order valence-corrected chi connectivity index (χ4v) is 4.22. The second-order valence-corrected chi connectivity index (χ2v) is 7.19. The summed E-state index contributed by atoms with van der Waals surface area (Å²) in [7, 11) is 0. The standard InChI is InChI=1S/C22H23NO/c1-13-7-8-14(2)19(11-13)22-18-6-4-5-17(18)20-12-16(15(3)24)9-10-21(20)23-22/h4-5,7-12,17-18,22-23H,6H2,1-3H3/t17-,18+,22-/m1/s1. The molecule has 0 amide bonds. The van der Waals surface area contributed by atoms with Gasteiger partial charge in [-0.1, -0.05) is 35.9 Å². The maximum atomic E-state index is 11.8. The molecule has 2 aromatic rings. The molecule has 2 heteroatoms. The molecule has 0 fully saturated rings. The highest BCUT2D eigenvalue weighted by Crippen LogP contribution is 2.50. The minimum atomic E-state index is 0.132. The number of hydrogen-bond acceptors (Lipinski definition) is 2. The molecule has 2 aliphatic rings. The molecule has 0 unspecified atom stereocenters. The molecule has 3 atom stereocenters. The summed E-state index contributed by atoms with van der Waals surface area (Å²) in [6, 6.07) is 13.1. The van der Waals surface area contributed by atoms with E-state index in [9.17, 15) is 4.79 Å². The molecule has 0 aromatic heterocycles. The van der Waals surface area contributed by atoms with Gasteiger partial charge in [-0.05, 0) is 68.0 Å². The van der Waals surface area contributed by atoms with Gasteiger partial charge in [0.25, 0.3) is 0 Å². The highest BCUT2D eigenvalue weighted by atomic mass is 16.1. The number of fused-ring (bicyclic) bond motifs is 3. The summed E-state index contributed by atoms with van der Waals surface area (Å²) in [6.45, 7) is 5.99. The Bertz CT molecular complexity index is 849. The Balaban J connectivity index is 1.81. The Morgan fingerprint density at radius 2 is 1.92 bits per heavy atom. The van der Waals surface area contributed by atoms with Gasteiger partial charge < -0.3 is 5.32 Å². The molecule has 1 aliphatic carbocycles. The van der Waals surface area contributed by atoms with Crippen molar-refractivity contribution in [2.45, 2.75) is 39.2 Å². The molecule has 1 aliphatic heterocycles. The zero-order valence-electron chi connectivity index (χ0n) is 14.5. The molecule has 0 radical (unpaired) electrons. The molecule has 4 rings (SSSR count). The first kappa shape index (κ1) is 15.2. The second-order valence-electron chi connectivity index (χ2n) is 7.19. The van der Waals surface area contributed by atoms with Crippen LogP contribution in [0.5, 0.6) is 0 Å². The average molecular weight is 317 g/mol. The highest BCUT2D eigenvalue weighted by Gasteiger charge is 2.38. The number of rotatable bonds is 2. The van der Waals surface area contributed by atoms with Crippen molar-refractivity contribution >= 4 is 11.5 Å². The van der Waals surface area contributed by atoms with Crippen molar-refractivity contribution in [3.8, 4) is 0 Å². The van der Waals surface area contributed by atoms with E-state index in [-0.39, 0.29) is 5.78 Å².